The van der Waals surface area contributed by atoms with Crippen LogP contribution in [0.25, 0.3) is 0 Å². The van der Waals surface area contributed by atoms with Crippen molar-refractivity contribution in [1.29, 1.82) is 0 Å². The molecule has 1 unspecified atom stereocenters. The summed E-state index contributed by atoms with van der Waals surface area (Å²) in [4.78, 5) is 2.14. The van der Waals surface area contributed by atoms with E-state index in [0.717, 1.165) is 12.2 Å². The van der Waals surface area contributed by atoms with E-state index in [-0.39, 0.29) is 11.9 Å². The van der Waals surface area contributed by atoms with Gasteiger partial charge in [0, 0.05) is 25.3 Å². The quantitative estimate of drug-likeness (QED) is 0.898. The van der Waals surface area contributed by atoms with Gasteiger partial charge in [-0.1, -0.05) is 23.8 Å². The van der Waals surface area contributed by atoms with E-state index in [1.54, 1.807) is 0 Å². The highest BCUT2D eigenvalue weighted by atomic mass is 19.1. The Morgan fingerprint density at radius 3 is 2.33 bits per heavy atom. The van der Waals surface area contributed by atoms with Crippen LogP contribution < -0.4 is 10.2 Å². The molecule has 112 valence electrons. The monoisotopic (exact) mass is 286 g/mol. The topological polar surface area (TPSA) is 15.3 Å². The lowest BCUT2D eigenvalue weighted by molar-refractivity contribution is 0.586. The molecule has 2 rings (SSSR count). The Kier molecular flexibility index (Phi) is 4.97. The van der Waals surface area contributed by atoms with Crippen LogP contribution in [0.5, 0.6) is 0 Å². The molecule has 0 aliphatic heterocycles. The number of benzene rings is 2. The highest BCUT2D eigenvalue weighted by Crippen LogP contribution is 2.22. The van der Waals surface area contributed by atoms with Crippen LogP contribution in [-0.4, -0.2) is 20.6 Å². The van der Waals surface area contributed by atoms with Gasteiger partial charge in [0.15, 0.2) is 0 Å². The first-order valence-electron chi connectivity index (χ1n) is 7.22. The van der Waals surface area contributed by atoms with E-state index in [4.69, 9.17) is 0 Å². The van der Waals surface area contributed by atoms with Crippen LogP contribution in [0.4, 0.5) is 10.1 Å². The second-order valence-electron chi connectivity index (χ2n) is 5.56. The maximum Gasteiger partial charge on any atom is 0.123 e. The minimum atomic E-state index is -0.202. The molecule has 1 atom stereocenters. The van der Waals surface area contributed by atoms with Crippen molar-refractivity contribution in [2.24, 2.45) is 0 Å². The molecule has 0 aliphatic carbocycles. The number of hydrogen-bond acceptors (Lipinski definition) is 2. The lowest BCUT2D eigenvalue weighted by Gasteiger charge is -2.27. The standard InChI is InChI=1S/C18H23FN2/c1-13-5-10-17(14(2)11-13)18(20-3)12-21(4)16-8-6-15(19)7-9-16/h5-11,18,20H,12H2,1-4H3. The summed E-state index contributed by atoms with van der Waals surface area (Å²) >= 11 is 0. The zero-order valence-electron chi connectivity index (χ0n) is 13.2. The van der Waals surface area contributed by atoms with Crippen LogP contribution in [0.2, 0.25) is 0 Å². The Labute approximate surface area is 126 Å². The predicted molar refractivity (Wildman–Crippen MR) is 87.4 cm³/mol. The zero-order valence-corrected chi connectivity index (χ0v) is 13.2. The highest BCUT2D eigenvalue weighted by molar-refractivity contribution is 5.46. The van der Waals surface area contributed by atoms with Gasteiger partial charge in [-0.3, -0.25) is 0 Å². The zero-order chi connectivity index (χ0) is 15.4. The van der Waals surface area contributed by atoms with Crippen molar-refractivity contribution in [2.75, 3.05) is 25.5 Å². The second kappa shape index (κ2) is 6.72. The fraction of sp³-hybridized carbons (Fsp3) is 0.333. The van der Waals surface area contributed by atoms with E-state index in [1.807, 2.05) is 26.2 Å². The molecule has 0 amide bonds. The molecule has 3 heteroatoms. The molecule has 0 spiro atoms. The Balaban J connectivity index is 2.16. The van der Waals surface area contributed by atoms with Gasteiger partial charge in [0.05, 0.1) is 0 Å². The van der Waals surface area contributed by atoms with Crippen LogP contribution >= 0.6 is 0 Å². The molecule has 0 aromatic heterocycles. The molecule has 1 N–H and O–H groups in total. The van der Waals surface area contributed by atoms with Gasteiger partial charge < -0.3 is 10.2 Å². The lowest BCUT2D eigenvalue weighted by atomic mass is 9.99. The summed E-state index contributed by atoms with van der Waals surface area (Å²) in [6, 6.07) is 13.4. The van der Waals surface area contributed by atoms with E-state index < -0.39 is 0 Å². The average molecular weight is 286 g/mol. The van der Waals surface area contributed by atoms with E-state index in [1.165, 1.54) is 28.8 Å². The van der Waals surface area contributed by atoms with Gasteiger partial charge in [0.1, 0.15) is 5.82 Å². The Morgan fingerprint density at radius 1 is 1.10 bits per heavy atom. The van der Waals surface area contributed by atoms with Crippen molar-refractivity contribution in [2.45, 2.75) is 19.9 Å². The summed E-state index contributed by atoms with van der Waals surface area (Å²) in [5.41, 5.74) is 4.89. The fourth-order valence-corrected chi connectivity index (χ4v) is 2.64. The maximum absolute atomic E-state index is 13.0. The fourth-order valence-electron chi connectivity index (χ4n) is 2.64. The first-order chi connectivity index (χ1) is 10.0. The van der Waals surface area contributed by atoms with Crippen LogP contribution in [0.1, 0.15) is 22.7 Å². The van der Waals surface area contributed by atoms with Crippen molar-refractivity contribution in [3.8, 4) is 0 Å². The number of hydrogen-bond donors (Lipinski definition) is 1. The molecule has 0 saturated carbocycles. The Bertz CT molecular complexity index is 593. The first-order valence-corrected chi connectivity index (χ1v) is 7.22. The third kappa shape index (κ3) is 3.82. The normalized spacial score (nSPS) is 12.2. The van der Waals surface area contributed by atoms with Gasteiger partial charge in [0.25, 0.3) is 0 Å². The van der Waals surface area contributed by atoms with Crippen molar-refractivity contribution in [1.82, 2.24) is 5.32 Å². The molecule has 2 aromatic carbocycles. The third-order valence-electron chi connectivity index (χ3n) is 3.87. The number of aryl methyl sites for hydroxylation is 2. The van der Waals surface area contributed by atoms with E-state index in [2.05, 4.69) is 42.3 Å². The molecule has 0 saturated heterocycles. The lowest BCUT2D eigenvalue weighted by Crippen LogP contribution is -2.31. The number of nitrogens with zero attached hydrogens (tertiary/aromatic N) is 1. The molecule has 0 bridgehead atoms. The van der Waals surface area contributed by atoms with E-state index >= 15 is 0 Å². The van der Waals surface area contributed by atoms with Crippen molar-refractivity contribution < 1.29 is 4.39 Å². The summed E-state index contributed by atoms with van der Waals surface area (Å²) < 4.78 is 13.0. The molecular weight excluding hydrogens is 263 g/mol. The molecule has 0 heterocycles. The number of likely N-dealkylation sites (N-methyl/N-ethyl adjacent to an activating group) is 2. The molecule has 0 fully saturated rings. The van der Waals surface area contributed by atoms with Gasteiger partial charge in [-0.15, -0.1) is 0 Å². The van der Waals surface area contributed by atoms with Crippen LogP contribution in [-0.2, 0) is 0 Å². The van der Waals surface area contributed by atoms with E-state index in [0.29, 0.717) is 0 Å². The number of halogens is 1. The number of nitrogens with one attached hydrogen (secondary N) is 1. The molecule has 2 nitrogen and oxygen atoms in total. The van der Waals surface area contributed by atoms with Crippen molar-refractivity contribution in [3.63, 3.8) is 0 Å². The molecule has 0 radical (unpaired) electrons. The highest BCUT2D eigenvalue weighted by Gasteiger charge is 2.14. The van der Waals surface area contributed by atoms with Crippen LogP contribution in [0.3, 0.4) is 0 Å². The van der Waals surface area contributed by atoms with E-state index in [9.17, 15) is 4.39 Å². The summed E-state index contributed by atoms with van der Waals surface area (Å²) in [6.45, 7) is 5.08. The largest absolute Gasteiger partial charge is 0.373 e. The van der Waals surface area contributed by atoms with Gasteiger partial charge in [-0.2, -0.15) is 0 Å². The number of rotatable bonds is 5. The number of anilines is 1. The second-order valence-corrected chi connectivity index (χ2v) is 5.56. The van der Waals surface area contributed by atoms with Gasteiger partial charge in [0.2, 0.25) is 0 Å². The van der Waals surface area contributed by atoms with Gasteiger partial charge >= 0.3 is 0 Å². The smallest absolute Gasteiger partial charge is 0.123 e. The summed E-state index contributed by atoms with van der Waals surface area (Å²) in [5.74, 6) is -0.202. The summed E-state index contributed by atoms with van der Waals surface area (Å²) in [7, 11) is 4.00. The molecule has 0 aliphatic rings. The minimum absolute atomic E-state index is 0.202. The van der Waals surface area contributed by atoms with Crippen molar-refractivity contribution >= 4 is 5.69 Å². The van der Waals surface area contributed by atoms with Crippen LogP contribution in [0, 0.1) is 19.7 Å². The molecule has 2 aromatic rings. The SMILES string of the molecule is CNC(CN(C)c1ccc(F)cc1)c1ccc(C)cc1C. The summed E-state index contributed by atoms with van der Waals surface area (Å²) in [5, 5.41) is 3.37. The Hall–Kier alpha value is -1.87. The van der Waals surface area contributed by atoms with Crippen molar-refractivity contribution in [3.05, 3.63) is 65.0 Å². The predicted octanol–water partition coefficient (Wildman–Crippen LogP) is 3.84. The maximum atomic E-state index is 13.0. The minimum Gasteiger partial charge on any atom is -0.373 e. The average Bonchev–Trinajstić information content (AvgIpc) is 2.46. The summed E-state index contributed by atoms with van der Waals surface area (Å²) in [6.07, 6.45) is 0. The third-order valence-corrected chi connectivity index (χ3v) is 3.87. The molecular formula is C18H23FN2. The molecule has 21 heavy (non-hydrogen) atoms. The Morgan fingerprint density at radius 2 is 1.76 bits per heavy atom. The van der Waals surface area contributed by atoms with Gasteiger partial charge in [-0.05, 0) is 56.3 Å². The first kappa shape index (κ1) is 15.5. The van der Waals surface area contributed by atoms with Gasteiger partial charge in [-0.25, -0.2) is 4.39 Å². The van der Waals surface area contributed by atoms with Crippen LogP contribution in [0.15, 0.2) is 42.5 Å².